The standard InChI is InChI=1S/C13H12Cl2N2O2/c1-7-11(15)16-13(19)17(12(7)18)8(2)9-4-3-5-10(14)6-9/h3-6,8H,1-2H3,(H,16,19). The number of aromatic nitrogens is 2. The van der Waals surface area contributed by atoms with Gasteiger partial charge in [-0.25, -0.2) is 4.79 Å². The van der Waals surface area contributed by atoms with E-state index in [2.05, 4.69) is 4.98 Å². The van der Waals surface area contributed by atoms with Gasteiger partial charge in [0.25, 0.3) is 5.56 Å². The van der Waals surface area contributed by atoms with E-state index in [-0.39, 0.29) is 5.15 Å². The van der Waals surface area contributed by atoms with Crippen LogP contribution in [0.2, 0.25) is 10.2 Å². The summed E-state index contributed by atoms with van der Waals surface area (Å²) in [4.78, 5) is 26.5. The molecule has 1 heterocycles. The number of H-pyrrole nitrogens is 1. The highest BCUT2D eigenvalue weighted by molar-refractivity contribution is 6.30. The van der Waals surface area contributed by atoms with Crippen molar-refractivity contribution in [3.8, 4) is 0 Å². The van der Waals surface area contributed by atoms with Crippen molar-refractivity contribution in [3.63, 3.8) is 0 Å². The molecule has 0 aliphatic heterocycles. The molecule has 19 heavy (non-hydrogen) atoms. The fourth-order valence-electron chi connectivity index (χ4n) is 1.88. The Balaban J connectivity index is 2.63. The molecule has 0 saturated heterocycles. The normalized spacial score (nSPS) is 12.4. The molecule has 1 N–H and O–H groups in total. The van der Waals surface area contributed by atoms with E-state index in [9.17, 15) is 9.59 Å². The minimum atomic E-state index is -0.534. The van der Waals surface area contributed by atoms with Gasteiger partial charge in [0, 0.05) is 10.6 Å². The van der Waals surface area contributed by atoms with Gasteiger partial charge < -0.3 is 0 Å². The Morgan fingerprint density at radius 1 is 1.26 bits per heavy atom. The van der Waals surface area contributed by atoms with Crippen molar-refractivity contribution in [3.05, 3.63) is 66.4 Å². The maximum Gasteiger partial charge on any atom is 0.330 e. The second kappa shape index (κ2) is 5.23. The molecule has 0 spiro atoms. The lowest BCUT2D eigenvalue weighted by atomic mass is 10.1. The molecule has 100 valence electrons. The summed E-state index contributed by atoms with van der Waals surface area (Å²) in [7, 11) is 0. The molecule has 1 aromatic heterocycles. The maximum absolute atomic E-state index is 12.1. The van der Waals surface area contributed by atoms with Crippen LogP contribution in [-0.2, 0) is 0 Å². The highest BCUT2D eigenvalue weighted by atomic mass is 35.5. The van der Waals surface area contributed by atoms with Gasteiger partial charge in [-0.3, -0.25) is 14.3 Å². The minimum absolute atomic E-state index is 0.0737. The van der Waals surface area contributed by atoms with Crippen LogP contribution < -0.4 is 11.2 Å². The first-order chi connectivity index (χ1) is 8.91. The number of nitrogens with zero attached hydrogens (tertiary/aromatic N) is 1. The van der Waals surface area contributed by atoms with Crippen molar-refractivity contribution < 1.29 is 0 Å². The van der Waals surface area contributed by atoms with E-state index in [1.807, 2.05) is 6.07 Å². The van der Waals surface area contributed by atoms with Crippen molar-refractivity contribution in [2.75, 3.05) is 0 Å². The van der Waals surface area contributed by atoms with Crippen molar-refractivity contribution in [1.29, 1.82) is 0 Å². The summed E-state index contributed by atoms with van der Waals surface area (Å²) in [6.07, 6.45) is 0. The van der Waals surface area contributed by atoms with Crippen LogP contribution in [0, 0.1) is 6.92 Å². The number of benzene rings is 1. The lowest BCUT2D eigenvalue weighted by molar-refractivity contribution is 0.574. The third-order valence-corrected chi connectivity index (χ3v) is 3.64. The van der Waals surface area contributed by atoms with E-state index in [4.69, 9.17) is 23.2 Å². The van der Waals surface area contributed by atoms with Crippen molar-refractivity contribution in [2.24, 2.45) is 0 Å². The Bertz CT molecular complexity index is 734. The van der Waals surface area contributed by atoms with Crippen LogP contribution in [0.15, 0.2) is 33.9 Å². The summed E-state index contributed by atoms with van der Waals surface area (Å²) >= 11 is 11.7. The molecule has 1 atom stereocenters. The predicted octanol–water partition coefficient (Wildman–Crippen LogP) is 2.76. The molecule has 0 saturated carbocycles. The third-order valence-electron chi connectivity index (χ3n) is 3.02. The van der Waals surface area contributed by atoms with Crippen LogP contribution in [0.5, 0.6) is 0 Å². The summed E-state index contributed by atoms with van der Waals surface area (Å²) < 4.78 is 1.13. The summed E-state index contributed by atoms with van der Waals surface area (Å²) in [5, 5.41) is 0.629. The molecule has 1 aromatic carbocycles. The maximum atomic E-state index is 12.1. The summed E-state index contributed by atoms with van der Waals surface area (Å²) in [5.74, 6) is 0. The minimum Gasteiger partial charge on any atom is -0.297 e. The SMILES string of the molecule is Cc1c(Cl)[nH]c(=O)n(C(C)c2cccc(Cl)c2)c1=O. The molecule has 2 aromatic rings. The van der Waals surface area contributed by atoms with Gasteiger partial charge >= 0.3 is 5.69 Å². The Kier molecular flexibility index (Phi) is 3.83. The number of aromatic amines is 1. The predicted molar refractivity (Wildman–Crippen MR) is 76.3 cm³/mol. The highest BCUT2D eigenvalue weighted by Crippen LogP contribution is 2.19. The van der Waals surface area contributed by atoms with Gasteiger partial charge in [0.15, 0.2) is 0 Å². The smallest absolute Gasteiger partial charge is 0.297 e. The molecule has 0 radical (unpaired) electrons. The van der Waals surface area contributed by atoms with Gasteiger partial charge in [0.05, 0.1) is 6.04 Å². The first kappa shape index (κ1) is 13.9. The summed E-state index contributed by atoms with van der Waals surface area (Å²) in [6.45, 7) is 3.33. The van der Waals surface area contributed by atoms with Crippen LogP contribution in [0.4, 0.5) is 0 Å². The number of halogens is 2. The molecule has 0 fully saturated rings. The molecule has 0 amide bonds. The molecular weight excluding hydrogens is 287 g/mol. The molecule has 0 aliphatic carbocycles. The molecule has 1 unspecified atom stereocenters. The zero-order valence-corrected chi connectivity index (χ0v) is 11.9. The van der Waals surface area contributed by atoms with Gasteiger partial charge in [-0.15, -0.1) is 0 Å². The largest absolute Gasteiger partial charge is 0.330 e. The van der Waals surface area contributed by atoms with Crippen LogP contribution in [0.25, 0.3) is 0 Å². The zero-order chi connectivity index (χ0) is 14.2. The molecule has 2 rings (SSSR count). The summed E-state index contributed by atoms with van der Waals surface area (Å²) in [5.41, 5.74) is 0.159. The first-order valence-electron chi connectivity index (χ1n) is 5.68. The molecule has 4 nitrogen and oxygen atoms in total. The van der Waals surface area contributed by atoms with Crippen LogP contribution in [-0.4, -0.2) is 9.55 Å². The topological polar surface area (TPSA) is 54.9 Å². The lowest BCUT2D eigenvalue weighted by Crippen LogP contribution is -2.38. The average Bonchev–Trinajstić information content (AvgIpc) is 2.36. The number of rotatable bonds is 2. The van der Waals surface area contributed by atoms with Crippen LogP contribution in [0.3, 0.4) is 0 Å². The van der Waals surface area contributed by atoms with Crippen LogP contribution in [0.1, 0.15) is 24.1 Å². The van der Waals surface area contributed by atoms with Gasteiger partial charge in [-0.05, 0) is 31.5 Å². The Hall–Kier alpha value is -1.52. The highest BCUT2D eigenvalue weighted by Gasteiger charge is 2.16. The van der Waals surface area contributed by atoms with E-state index < -0.39 is 17.3 Å². The second-order valence-electron chi connectivity index (χ2n) is 4.28. The quantitative estimate of drug-likeness (QED) is 0.867. The van der Waals surface area contributed by atoms with E-state index in [1.54, 1.807) is 32.0 Å². The van der Waals surface area contributed by atoms with Gasteiger partial charge in [-0.2, -0.15) is 0 Å². The van der Waals surface area contributed by atoms with E-state index in [1.165, 1.54) is 0 Å². The second-order valence-corrected chi connectivity index (χ2v) is 5.09. The van der Waals surface area contributed by atoms with Crippen molar-refractivity contribution in [1.82, 2.24) is 9.55 Å². The molecule has 0 aliphatic rings. The molecule has 6 heteroatoms. The number of hydrogen-bond acceptors (Lipinski definition) is 2. The number of nitrogens with one attached hydrogen (secondary N) is 1. The molecular formula is C13H12Cl2N2O2. The average molecular weight is 299 g/mol. The zero-order valence-electron chi connectivity index (χ0n) is 10.4. The fraction of sp³-hybridized carbons (Fsp3) is 0.231. The van der Waals surface area contributed by atoms with Crippen molar-refractivity contribution >= 4 is 23.2 Å². The van der Waals surface area contributed by atoms with E-state index >= 15 is 0 Å². The number of hydrogen-bond donors (Lipinski definition) is 1. The first-order valence-corrected chi connectivity index (χ1v) is 6.43. The summed E-state index contributed by atoms with van der Waals surface area (Å²) in [6, 6.07) is 6.62. The lowest BCUT2D eigenvalue weighted by Gasteiger charge is -2.15. The monoisotopic (exact) mass is 298 g/mol. The van der Waals surface area contributed by atoms with Crippen molar-refractivity contribution in [2.45, 2.75) is 19.9 Å². The van der Waals surface area contributed by atoms with E-state index in [0.29, 0.717) is 10.6 Å². The third kappa shape index (κ3) is 2.60. The van der Waals surface area contributed by atoms with Gasteiger partial charge in [0.2, 0.25) is 0 Å². The van der Waals surface area contributed by atoms with Gasteiger partial charge in [0.1, 0.15) is 5.15 Å². The Morgan fingerprint density at radius 2 is 1.95 bits per heavy atom. The fourth-order valence-corrected chi connectivity index (χ4v) is 2.24. The van der Waals surface area contributed by atoms with Gasteiger partial charge in [-0.1, -0.05) is 35.3 Å². The van der Waals surface area contributed by atoms with Crippen LogP contribution >= 0.6 is 23.2 Å². The molecule has 0 bridgehead atoms. The Morgan fingerprint density at radius 3 is 2.58 bits per heavy atom. The van der Waals surface area contributed by atoms with E-state index in [0.717, 1.165) is 10.1 Å². The Labute approximate surface area is 119 Å².